The molecule has 2 bridgehead atoms. The number of hydrogen-bond acceptors (Lipinski definition) is 4. The smallest absolute Gasteiger partial charge is 0.417 e. The minimum atomic E-state index is -4.38. The monoisotopic (exact) mass is 390 g/mol. The molecule has 3 heterocycles. The van der Waals surface area contributed by atoms with Crippen LogP contribution < -0.4 is 9.64 Å². The largest absolute Gasteiger partial charge is 0.490 e. The SMILES string of the molecule is Cc1ccc(O[C@H]2C[C@H]3CC[C@@H](C2)N3c2ccc(C(F)(F)F)cn2)c(C=O)c1. The van der Waals surface area contributed by atoms with Crippen LogP contribution in [0.5, 0.6) is 5.75 Å². The second kappa shape index (κ2) is 7.11. The zero-order valence-electron chi connectivity index (χ0n) is 15.4. The summed E-state index contributed by atoms with van der Waals surface area (Å²) in [6.07, 6.45) is 0.734. The average molecular weight is 390 g/mol. The number of fused-ring (bicyclic) bond motifs is 2. The Hall–Kier alpha value is -2.57. The number of aryl methyl sites for hydroxylation is 1. The standard InChI is InChI=1S/C21H21F3N2O2/c1-13-2-6-19(14(8-13)12-27)28-18-9-16-4-5-17(10-18)26(16)20-7-3-15(11-25-20)21(22,23)24/h2-3,6-8,11-12,16-18H,4-5,9-10H2,1H3/t16-,17+,18+. The highest BCUT2D eigenvalue weighted by Crippen LogP contribution is 2.40. The molecule has 0 aliphatic carbocycles. The van der Waals surface area contributed by atoms with Crippen molar-refractivity contribution in [2.45, 2.75) is 57.0 Å². The van der Waals surface area contributed by atoms with Gasteiger partial charge < -0.3 is 9.64 Å². The van der Waals surface area contributed by atoms with Gasteiger partial charge in [-0.1, -0.05) is 11.6 Å². The van der Waals surface area contributed by atoms with Crippen LogP contribution in [0.15, 0.2) is 36.5 Å². The maximum atomic E-state index is 12.8. The maximum absolute atomic E-state index is 12.8. The highest BCUT2D eigenvalue weighted by molar-refractivity contribution is 5.79. The van der Waals surface area contributed by atoms with Gasteiger partial charge in [-0.25, -0.2) is 4.98 Å². The highest BCUT2D eigenvalue weighted by Gasteiger charge is 2.42. The molecule has 0 saturated carbocycles. The minimum Gasteiger partial charge on any atom is -0.490 e. The van der Waals surface area contributed by atoms with E-state index in [0.29, 0.717) is 17.1 Å². The zero-order valence-corrected chi connectivity index (χ0v) is 15.4. The van der Waals surface area contributed by atoms with Crippen molar-refractivity contribution >= 4 is 12.1 Å². The van der Waals surface area contributed by atoms with Crippen molar-refractivity contribution in [3.63, 3.8) is 0 Å². The Morgan fingerprint density at radius 2 is 1.86 bits per heavy atom. The summed E-state index contributed by atoms with van der Waals surface area (Å²) in [4.78, 5) is 17.5. The van der Waals surface area contributed by atoms with Crippen LogP contribution in [0.25, 0.3) is 0 Å². The first-order valence-corrected chi connectivity index (χ1v) is 9.39. The van der Waals surface area contributed by atoms with E-state index < -0.39 is 11.7 Å². The van der Waals surface area contributed by atoms with E-state index in [-0.39, 0.29) is 18.2 Å². The van der Waals surface area contributed by atoms with E-state index in [1.54, 1.807) is 6.07 Å². The topological polar surface area (TPSA) is 42.4 Å². The van der Waals surface area contributed by atoms with E-state index in [0.717, 1.165) is 49.8 Å². The third kappa shape index (κ3) is 3.57. The van der Waals surface area contributed by atoms with Crippen LogP contribution in [0.2, 0.25) is 0 Å². The van der Waals surface area contributed by atoms with Crippen LogP contribution in [-0.4, -0.2) is 29.5 Å². The van der Waals surface area contributed by atoms with Crippen molar-refractivity contribution in [3.05, 3.63) is 53.2 Å². The maximum Gasteiger partial charge on any atom is 0.417 e. The summed E-state index contributed by atoms with van der Waals surface area (Å²) in [6.45, 7) is 1.92. The molecule has 0 radical (unpaired) electrons. The first-order valence-electron chi connectivity index (χ1n) is 9.39. The summed E-state index contributed by atoms with van der Waals surface area (Å²) in [6, 6.07) is 8.45. The number of carbonyl (C=O) groups excluding carboxylic acids is 1. The van der Waals surface area contributed by atoms with Gasteiger partial charge in [0.1, 0.15) is 17.7 Å². The van der Waals surface area contributed by atoms with Crippen molar-refractivity contribution in [2.75, 3.05) is 4.90 Å². The molecule has 1 aromatic carbocycles. The number of nitrogens with zero attached hydrogens (tertiary/aromatic N) is 2. The Morgan fingerprint density at radius 3 is 2.43 bits per heavy atom. The number of pyridine rings is 1. The van der Waals surface area contributed by atoms with E-state index in [1.165, 1.54) is 6.07 Å². The molecule has 0 amide bonds. The third-order valence-corrected chi connectivity index (χ3v) is 5.62. The lowest BCUT2D eigenvalue weighted by Gasteiger charge is -2.39. The van der Waals surface area contributed by atoms with Crippen LogP contribution >= 0.6 is 0 Å². The van der Waals surface area contributed by atoms with Gasteiger partial charge in [0.2, 0.25) is 0 Å². The zero-order chi connectivity index (χ0) is 19.9. The number of halogens is 3. The van der Waals surface area contributed by atoms with Crippen molar-refractivity contribution in [2.24, 2.45) is 0 Å². The van der Waals surface area contributed by atoms with Crippen molar-refractivity contribution < 1.29 is 22.7 Å². The Balaban J connectivity index is 1.48. The number of alkyl halides is 3. The second-order valence-corrected chi connectivity index (χ2v) is 7.57. The summed E-state index contributed by atoms with van der Waals surface area (Å²) in [5.41, 5.74) is 0.805. The highest BCUT2D eigenvalue weighted by atomic mass is 19.4. The van der Waals surface area contributed by atoms with Crippen LogP contribution in [0, 0.1) is 6.92 Å². The van der Waals surface area contributed by atoms with E-state index in [4.69, 9.17) is 4.74 Å². The number of carbonyl (C=O) groups is 1. The van der Waals surface area contributed by atoms with Crippen LogP contribution in [0.4, 0.5) is 19.0 Å². The van der Waals surface area contributed by atoms with Gasteiger partial charge in [0.25, 0.3) is 0 Å². The fourth-order valence-electron chi connectivity index (χ4n) is 4.35. The lowest BCUT2D eigenvalue weighted by atomic mass is 9.99. The average Bonchev–Trinajstić information content (AvgIpc) is 2.93. The molecule has 0 unspecified atom stereocenters. The summed E-state index contributed by atoms with van der Waals surface area (Å²) < 4.78 is 44.5. The summed E-state index contributed by atoms with van der Waals surface area (Å²) in [5.74, 6) is 1.17. The number of ether oxygens (including phenoxy) is 1. The Kier molecular flexibility index (Phi) is 4.77. The third-order valence-electron chi connectivity index (χ3n) is 5.62. The van der Waals surface area contributed by atoms with Gasteiger partial charge in [0, 0.05) is 31.1 Å². The molecule has 0 N–H and O–H groups in total. The molecule has 2 aliphatic rings. The van der Waals surface area contributed by atoms with Gasteiger partial charge >= 0.3 is 6.18 Å². The van der Waals surface area contributed by atoms with E-state index >= 15 is 0 Å². The lowest BCUT2D eigenvalue weighted by molar-refractivity contribution is -0.137. The number of anilines is 1. The van der Waals surface area contributed by atoms with Crippen molar-refractivity contribution in [1.29, 1.82) is 0 Å². The summed E-state index contributed by atoms with van der Waals surface area (Å²) in [7, 11) is 0. The Bertz CT molecular complexity index is 853. The number of rotatable bonds is 4. The molecule has 28 heavy (non-hydrogen) atoms. The Morgan fingerprint density at radius 1 is 1.14 bits per heavy atom. The quantitative estimate of drug-likeness (QED) is 0.704. The fraction of sp³-hybridized carbons (Fsp3) is 0.429. The minimum absolute atomic E-state index is 0.0235. The summed E-state index contributed by atoms with van der Waals surface area (Å²) >= 11 is 0. The van der Waals surface area contributed by atoms with E-state index in [1.807, 2.05) is 19.1 Å². The fourth-order valence-corrected chi connectivity index (χ4v) is 4.35. The number of piperidine rings is 1. The molecule has 2 aromatic rings. The molecule has 4 rings (SSSR count). The normalized spacial score (nSPS) is 24.3. The van der Waals surface area contributed by atoms with Gasteiger partial charge in [-0.2, -0.15) is 13.2 Å². The molecule has 3 atom stereocenters. The number of aromatic nitrogens is 1. The van der Waals surface area contributed by atoms with Gasteiger partial charge in [-0.15, -0.1) is 0 Å². The molecule has 2 fully saturated rings. The van der Waals surface area contributed by atoms with E-state index in [2.05, 4.69) is 9.88 Å². The first-order chi connectivity index (χ1) is 13.3. The lowest BCUT2D eigenvalue weighted by Crippen LogP contribution is -2.46. The predicted molar refractivity (Wildman–Crippen MR) is 98.7 cm³/mol. The van der Waals surface area contributed by atoms with E-state index in [9.17, 15) is 18.0 Å². The molecule has 2 saturated heterocycles. The molecule has 1 aromatic heterocycles. The number of benzene rings is 1. The molecule has 0 spiro atoms. The molecular formula is C21H21F3N2O2. The van der Waals surface area contributed by atoms with Crippen LogP contribution in [0.1, 0.15) is 47.2 Å². The van der Waals surface area contributed by atoms with Gasteiger partial charge in [-0.05, 0) is 44.0 Å². The summed E-state index contributed by atoms with van der Waals surface area (Å²) in [5, 5.41) is 0. The molecule has 4 nitrogen and oxygen atoms in total. The van der Waals surface area contributed by atoms with Crippen molar-refractivity contribution in [3.8, 4) is 5.75 Å². The molecule has 148 valence electrons. The van der Waals surface area contributed by atoms with Gasteiger partial charge in [0.15, 0.2) is 6.29 Å². The van der Waals surface area contributed by atoms with Gasteiger partial charge in [-0.3, -0.25) is 4.79 Å². The second-order valence-electron chi connectivity index (χ2n) is 7.57. The molecule has 2 aliphatic heterocycles. The first kappa shape index (κ1) is 18.8. The number of hydrogen-bond donors (Lipinski definition) is 0. The van der Waals surface area contributed by atoms with Crippen LogP contribution in [0.3, 0.4) is 0 Å². The Labute approximate surface area is 161 Å². The predicted octanol–water partition coefficient (Wildman–Crippen LogP) is 4.80. The number of aldehydes is 1. The molecule has 7 heteroatoms. The molecular weight excluding hydrogens is 369 g/mol. The van der Waals surface area contributed by atoms with Crippen LogP contribution in [-0.2, 0) is 6.18 Å². The van der Waals surface area contributed by atoms with Crippen molar-refractivity contribution in [1.82, 2.24) is 4.98 Å². The van der Waals surface area contributed by atoms with Gasteiger partial charge in [0.05, 0.1) is 11.1 Å².